The summed E-state index contributed by atoms with van der Waals surface area (Å²) in [6.45, 7) is -1.44. The Balaban J connectivity index is 1.33. The highest BCUT2D eigenvalue weighted by Gasteiger charge is 2.48. The van der Waals surface area contributed by atoms with Crippen LogP contribution in [-0.4, -0.2) is 156 Å². The van der Waals surface area contributed by atoms with E-state index in [1.54, 1.807) is 0 Å². The van der Waals surface area contributed by atoms with Gasteiger partial charge in [-0.1, -0.05) is 12.1 Å². The number of benzene rings is 3. The summed E-state index contributed by atoms with van der Waals surface area (Å²) in [6, 6.07) is 11.4. The molecule has 3 heterocycles. The molecule has 2 saturated heterocycles. The standard InChI is InChI=1S/C40H40O22/c1-55-24-9-17(8-21(43)31(24)48)38-25(60-40-37(54)35(52)32(49)26(62-40)14-56-29(46)7-4-16-2-5-18(41)6-3-16)12-20-22(58-38)10-19(42)11-23(20)59-39-36(53)34(51)33(50)27(61-39)15-57-30(47)13-28(44)45/h2-12,26-27,32-37,39-40,49-54H,13-15H2,1H3,(H4-,41,42,43,44,45,46,48)/p+1/t26-,27-,32-,33-,34+,35+,36-,37-,39-,40-/m1/s1. The highest BCUT2D eigenvalue weighted by molar-refractivity contribution is 5.90. The van der Waals surface area contributed by atoms with Crippen LogP contribution in [0.15, 0.2) is 65.1 Å². The van der Waals surface area contributed by atoms with Crippen molar-refractivity contribution in [2.24, 2.45) is 0 Å². The molecule has 2 aliphatic heterocycles. The van der Waals surface area contributed by atoms with Crippen LogP contribution in [0.2, 0.25) is 0 Å². The SMILES string of the molecule is COc1cc(-c2[o+]c3cc(O)cc(O[C@@H]4O[C@H](COC(=O)CC(=O)O)[C@@H](O)[C@H](O)[C@H]4O)c3cc2O[C@@H]2O[C@H](COC(=O)C=Cc3ccc(O)cc3)[C@@H](O)[C@H](O)[C@H]2O)cc(O)c1O. The number of phenols is 4. The van der Waals surface area contributed by atoms with Crippen molar-refractivity contribution in [3.05, 3.63) is 66.2 Å². The minimum Gasteiger partial charge on any atom is -0.508 e. The summed E-state index contributed by atoms with van der Waals surface area (Å²) < 4.78 is 44.6. The molecule has 0 amide bonds. The van der Waals surface area contributed by atoms with Gasteiger partial charge >= 0.3 is 29.3 Å². The number of methoxy groups -OCH3 is 1. The van der Waals surface area contributed by atoms with Crippen LogP contribution < -0.4 is 14.2 Å². The van der Waals surface area contributed by atoms with Gasteiger partial charge in [0.1, 0.15) is 91.1 Å². The maximum atomic E-state index is 12.5. The molecular weight excluding hydrogens is 832 g/mol. The number of fused-ring (bicyclic) bond motifs is 1. The second-order valence-electron chi connectivity index (χ2n) is 13.9. The zero-order valence-corrected chi connectivity index (χ0v) is 32.2. The number of aliphatic hydroxyl groups is 6. The highest BCUT2D eigenvalue weighted by Crippen LogP contribution is 2.46. The van der Waals surface area contributed by atoms with E-state index in [-0.39, 0.29) is 45.3 Å². The molecule has 62 heavy (non-hydrogen) atoms. The molecule has 2 fully saturated rings. The van der Waals surface area contributed by atoms with E-state index < -0.39 is 116 Å². The summed E-state index contributed by atoms with van der Waals surface area (Å²) in [6.07, 6.45) is -17.0. The molecule has 3 aromatic carbocycles. The van der Waals surface area contributed by atoms with Gasteiger partial charge < -0.3 is 89.3 Å². The van der Waals surface area contributed by atoms with Gasteiger partial charge in [0.05, 0.1) is 18.7 Å². The minimum atomic E-state index is -1.99. The average Bonchev–Trinajstić information content (AvgIpc) is 3.23. The Morgan fingerprint density at radius 2 is 1.29 bits per heavy atom. The maximum absolute atomic E-state index is 12.5. The van der Waals surface area contributed by atoms with Crippen LogP contribution in [0.25, 0.3) is 28.4 Å². The summed E-state index contributed by atoms with van der Waals surface area (Å²) in [4.78, 5) is 35.2. The van der Waals surface area contributed by atoms with Crippen molar-refractivity contribution >= 4 is 35.0 Å². The van der Waals surface area contributed by atoms with Crippen LogP contribution >= 0.6 is 0 Å². The monoisotopic (exact) mass is 873 g/mol. The smallest absolute Gasteiger partial charge is 0.402 e. The second-order valence-corrected chi connectivity index (χ2v) is 13.9. The highest BCUT2D eigenvalue weighted by atomic mass is 16.7. The summed E-state index contributed by atoms with van der Waals surface area (Å²) >= 11 is 0. The number of ether oxygens (including phenoxy) is 7. The predicted molar refractivity (Wildman–Crippen MR) is 204 cm³/mol. The van der Waals surface area contributed by atoms with Crippen molar-refractivity contribution in [2.75, 3.05) is 20.3 Å². The summed E-state index contributed by atoms with van der Waals surface area (Å²) in [7, 11) is 1.19. The van der Waals surface area contributed by atoms with E-state index in [2.05, 4.69) is 0 Å². The first-order valence-corrected chi connectivity index (χ1v) is 18.4. The third kappa shape index (κ3) is 10.2. The number of carboxylic acid groups (broad SMARTS) is 1. The Labute approximate surface area is 348 Å². The lowest BCUT2D eigenvalue weighted by Gasteiger charge is -2.40. The number of phenolic OH excluding ortho intramolecular Hbond substituents is 4. The fourth-order valence-electron chi connectivity index (χ4n) is 6.30. The molecule has 0 radical (unpaired) electrons. The summed E-state index contributed by atoms with van der Waals surface area (Å²) in [5.74, 6) is -6.73. The minimum absolute atomic E-state index is 0.00843. The normalized spacial score (nSPS) is 26.2. The van der Waals surface area contributed by atoms with Gasteiger partial charge in [0.15, 0.2) is 11.5 Å². The summed E-state index contributed by atoms with van der Waals surface area (Å²) in [5, 5.41) is 114. The van der Waals surface area contributed by atoms with E-state index >= 15 is 0 Å². The Kier molecular flexibility index (Phi) is 13.8. The number of hydrogen-bond acceptors (Lipinski definition) is 20. The number of hydrogen-bond donors (Lipinski definition) is 11. The molecule has 0 aliphatic carbocycles. The Morgan fingerprint density at radius 3 is 1.89 bits per heavy atom. The molecule has 1 aromatic heterocycles. The van der Waals surface area contributed by atoms with Crippen LogP contribution in [0.5, 0.6) is 40.2 Å². The largest absolute Gasteiger partial charge is 0.508 e. The lowest BCUT2D eigenvalue weighted by molar-refractivity contribution is -0.278. The molecule has 6 rings (SSSR count). The fourth-order valence-corrected chi connectivity index (χ4v) is 6.30. The van der Waals surface area contributed by atoms with Crippen LogP contribution in [0, 0.1) is 0 Å². The molecule has 22 nitrogen and oxygen atoms in total. The van der Waals surface area contributed by atoms with E-state index in [9.17, 15) is 65.4 Å². The maximum Gasteiger partial charge on any atom is 0.402 e. The Bertz CT molecular complexity index is 2300. The number of aromatic hydroxyl groups is 4. The number of aliphatic hydroxyl groups excluding tert-OH is 6. The molecule has 11 N–H and O–H groups in total. The van der Waals surface area contributed by atoms with E-state index in [1.165, 1.54) is 49.6 Å². The molecule has 0 bridgehead atoms. The molecule has 0 saturated carbocycles. The molecule has 0 unspecified atom stereocenters. The third-order valence-electron chi connectivity index (χ3n) is 9.56. The number of rotatable bonds is 14. The van der Waals surface area contributed by atoms with Gasteiger partial charge in [0.25, 0.3) is 0 Å². The molecule has 0 spiro atoms. The van der Waals surface area contributed by atoms with Crippen LogP contribution in [0.3, 0.4) is 0 Å². The molecule has 10 atom stereocenters. The number of carbonyl (C=O) groups excluding carboxylic acids is 2. The van der Waals surface area contributed by atoms with Crippen molar-refractivity contribution in [3.8, 4) is 51.6 Å². The van der Waals surface area contributed by atoms with Crippen LogP contribution in [-0.2, 0) is 33.3 Å². The molecule has 4 aromatic rings. The van der Waals surface area contributed by atoms with E-state index in [1.807, 2.05) is 0 Å². The second kappa shape index (κ2) is 19.0. The summed E-state index contributed by atoms with van der Waals surface area (Å²) in [5.41, 5.74) is 0.283. The topological polar surface area (TPSA) is 350 Å². The van der Waals surface area contributed by atoms with Gasteiger partial charge in [-0.2, -0.15) is 0 Å². The van der Waals surface area contributed by atoms with Crippen molar-refractivity contribution < 1.29 is 108 Å². The van der Waals surface area contributed by atoms with Crippen molar-refractivity contribution in [3.63, 3.8) is 0 Å². The Morgan fingerprint density at radius 1 is 0.694 bits per heavy atom. The number of aliphatic carboxylic acids is 1. The predicted octanol–water partition coefficient (Wildman–Crippen LogP) is -0.141. The van der Waals surface area contributed by atoms with Crippen molar-refractivity contribution in [1.82, 2.24) is 0 Å². The first-order chi connectivity index (χ1) is 29.4. The first kappa shape index (κ1) is 45.0. The van der Waals surface area contributed by atoms with Gasteiger partial charge in [-0.3, -0.25) is 9.59 Å². The number of carboxylic acids is 1. The fraction of sp³-hybridized carbons (Fsp3) is 0.350. The van der Waals surface area contributed by atoms with Gasteiger partial charge in [0, 0.05) is 30.3 Å². The number of esters is 2. The lowest BCUT2D eigenvalue weighted by Crippen LogP contribution is -2.60. The van der Waals surface area contributed by atoms with Crippen LogP contribution in [0.4, 0.5) is 0 Å². The van der Waals surface area contributed by atoms with Crippen molar-refractivity contribution in [1.29, 1.82) is 0 Å². The zero-order valence-electron chi connectivity index (χ0n) is 32.2. The van der Waals surface area contributed by atoms with Gasteiger partial charge in [-0.25, -0.2) is 9.21 Å². The van der Waals surface area contributed by atoms with Crippen molar-refractivity contribution in [2.45, 2.75) is 67.8 Å². The lowest BCUT2D eigenvalue weighted by atomic mass is 9.99. The average molecular weight is 874 g/mol. The molecular formula is C40H41O22+. The van der Waals surface area contributed by atoms with E-state index in [4.69, 9.17) is 42.7 Å². The Hall–Kier alpha value is -6.50. The molecule has 332 valence electrons. The van der Waals surface area contributed by atoms with Gasteiger partial charge in [-0.15, -0.1) is 0 Å². The van der Waals surface area contributed by atoms with Crippen LogP contribution in [0.1, 0.15) is 12.0 Å². The van der Waals surface area contributed by atoms with Gasteiger partial charge in [-0.05, 0) is 23.8 Å². The molecule has 2 aliphatic rings. The quantitative estimate of drug-likeness (QED) is 0.0258. The zero-order chi connectivity index (χ0) is 45.0. The van der Waals surface area contributed by atoms with E-state index in [0.717, 1.165) is 24.3 Å². The first-order valence-electron chi connectivity index (χ1n) is 18.4. The van der Waals surface area contributed by atoms with Gasteiger partial charge in [0.2, 0.25) is 24.1 Å². The van der Waals surface area contributed by atoms with E-state index in [0.29, 0.717) is 5.56 Å². The third-order valence-corrected chi connectivity index (χ3v) is 9.56. The molecule has 22 heteroatoms. The number of carbonyl (C=O) groups is 3.